The molecule has 136 valence electrons. The summed E-state index contributed by atoms with van der Waals surface area (Å²) >= 11 is 5.96. The summed E-state index contributed by atoms with van der Waals surface area (Å²) in [4.78, 5) is 20.4. The summed E-state index contributed by atoms with van der Waals surface area (Å²) in [6.45, 7) is 0. The first-order valence-corrected chi connectivity index (χ1v) is 8.72. The molecule has 0 unspecified atom stereocenters. The average Bonchev–Trinajstić information content (AvgIpc) is 3.14. The lowest BCUT2D eigenvalue weighted by atomic mass is 10.2. The van der Waals surface area contributed by atoms with Crippen LogP contribution in [0.2, 0.25) is 5.02 Å². The highest BCUT2D eigenvalue weighted by atomic mass is 35.5. The Balaban J connectivity index is 1.63. The van der Waals surface area contributed by atoms with E-state index in [-0.39, 0.29) is 0 Å². The first-order chi connectivity index (χ1) is 13.7. The van der Waals surface area contributed by atoms with Crippen molar-refractivity contribution in [2.75, 3.05) is 0 Å². The third kappa shape index (κ3) is 2.78. The quantitative estimate of drug-likeness (QED) is 0.425. The lowest BCUT2D eigenvalue weighted by molar-refractivity contribution is 0.462. The van der Waals surface area contributed by atoms with Gasteiger partial charge in [-0.1, -0.05) is 23.7 Å². The first-order valence-electron chi connectivity index (χ1n) is 8.34. The van der Waals surface area contributed by atoms with Crippen molar-refractivity contribution in [1.29, 1.82) is 0 Å². The molecule has 28 heavy (non-hydrogen) atoms. The molecule has 3 aromatic heterocycles. The molecule has 0 N–H and O–H groups in total. The van der Waals surface area contributed by atoms with Gasteiger partial charge in [-0.25, -0.2) is 19.4 Å². The van der Waals surface area contributed by atoms with Gasteiger partial charge in [-0.3, -0.25) is 0 Å². The molecular formula is C20H11ClN4O3. The topological polar surface area (TPSA) is 83.0 Å². The van der Waals surface area contributed by atoms with Crippen molar-refractivity contribution in [3.05, 3.63) is 82.6 Å². The summed E-state index contributed by atoms with van der Waals surface area (Å²) in [5.74, 6) is 0.645. The van der Waals surface area contributed by atoms with Crippen LogP contribution in [0.4, 0.5) is 0 Å². The van der Waals surface area contributed by atoms with E-state index < -0.39 is 5.63 Å². The molecule has 0 aliphatic carbocycles. The minimum Gasteiger partial charge on any atom is -0.437 e. The number of rotatable bonds is 3. The van der Waals surface area contributed by atoms with E-state index in [1.165, 1.54) is 12.4 Å². The van der Waals surface area contributed by atoms with Gasteiger partial charge in [0.15, 0.2) is 5.65 Å². The molecule has 5 aromatic rings. The van der Waals surface area contributed by atoms with Crippen LogP contribution in [0.15, 0.2) is 76.3 Å². The van der Waals surface area contributed by atoms with Gasteiger partial charge in [-0.05, 0) is 36.4 Å². The van der Waals surface area contributed by atoms with Crippen LogP contribution in [-0.4, -0.2) is 19.7 Å². The molecule has 0 fully saturated rings. The van der Waals surface area contributed by atoms with Crippen LogP contribution in [-0.2, 0) is 0 Å². The Hall–Kier alpha value is -3.71. The minimum atomic E-state index is -0.504. The number of ether oxygens (including phenoxy) is 1. The highest BCUT2D eigenvalue weighted by molar-refractivity contribution is 6.30. The van der Waals surface area contributed by atoms with Crippen molar-refractivity contribution in [3.63, 3.8) is 0 Å². The minimum absolute atomic E-state index is 0.293. The summed E-state index contributed by atoms with van der Waals surface area (Å²) in [6.07, 6.45) is 3.01. The number of nitrogens with zero attached hydrogens (tertiary/aromatic N) is 4. The zero-order valence-corrected chi connectivity index (χ0v) is 15.0. The van der Waals surface area contributed by atoms with Gasteiger partial charge in [0.25, 0.3) is 0 Å². The van der Waals surface area contributed by atoms with Gasteiger partial charge in [0.2, 0.25) is 5.88 Å². The molecule has 0 atom stereocenters. The molecule has 0 spiro atoms. The summed E-state index contributed by atoms with van der Waals surface area (Å²) in [7, 11) is 0. The Morgan fingerprint density at radius 1 is 1.00 bits per heavy atom. The van der Waals surface area contributed by atoms with Crippen LogP contribution in [0.3, 0.4) is 0 Å². The van der Waals surface area contributed by atoms with Crippen LogP contribution in [0.1, 0.15) is 0 Å². The second-order valence-electron chi connectivity index (χ2n) is 5.98. The Labute approximate surface area is 162 Å². The summed E-state index contributed by atoms with van der Waals surface area (Å²) < 4.78 is 12.8. The predicted molar refractivity (Wildman–Crippen MR) is 104 cm³/mol. The molecular weight excluding hydrogens is 380 g/mol. The van der Waals surface area contributed by atoms with Gasteiger partial charge in [0.05, 0.1) is 23.3 Å². The van der Waals surface area contributed by atoms with Gasteiger partial charge in [-0.15, -0.1) is 0 Å². The normalized spacial score (nSPS) is 11.2. The maximum Gasteiger partial charge on any atom is 0.339 e. The zero-order chi connectivity index (χ0) is 19.1. The van der Waals surface area contributed by atoms with Gasteiger partial charge in [0, 0.05) is 5.02 Å². The van der Waals surface area contributed by atoms with Crippen molar-refractivity contribution in [1.82, 2.24) is 19.7 Å². The third-order valence-electron chi connectivity index (χ3n) is 4.22. The molecule has 0 saturated heterocycles. The lowest BCUT2D eigenvalue weighted by Crippen LogP contribution is -2.00. The Bertz CT molecular complexity index is 1380. The predicted octanol–water partition coefficient (Wildman–Crippen LogP) is 4.37. The molecule has 0 radical (unpaired) electrons. The fraction of sp³-hybridized carbons (Fsp3) is 0. The van der Waals surface area contributed by atoms with E-state index in [9.17, 15) is 4.79 Å². The van der Waals surface area contributed by atoms with Gasteiger partial charge in [-0.2, -0.15) is 5.10 Å². The smallest absolute Gasteiger partial charge is 0.339 e. The van der Waals surface area contributed by atoms with Gasteiger partial charge in [0.1, 0.15) is 23.0 Å². The maximum absolute atomic E-state index is 11.9. The van der Waals surface area contributed by atoms with E-state index in [0.29, 0.717) is 38.7 Å². The van der Waals surface area contributed by atoms with Crippen LogP contribution >= 0.6 is 11.6 Å². The molecule has 0 aliphatic heterocycles. The standard InChI is InChI=1S/C20H11ClN4O3/c21-12-5-7-13(8-6-12)25-19-15(10-24-25)20(23-11-22-19)28-17-9-18(26)27-16-4-2-1-3-14(16)17/h1-11H. The van der Waals surface area contributed by atoms with Crippen molar-refractivity contribution >= 4 is 33.6 Å². The monoisotopic (exact) mass is 390 g/mol. The van der Waals surface area contributed by atoms with Crippen molar-refractivity contribution < 1.29 is 9.15 Å². The molecule has 0 saturated carbocycles. The van der Waals surface area contributed by atoms with E-state index in [1.54, 1.807) is 35.1 Å². The van der Waals surface area contributed by atoms with E-state index in [4.69, 9.17) is 20.8 Å². The Morgan fingerprint density at radius 3 is 2.68 bits per heavy atom. The number of para-hydroxylation sites is 1. The largest absolute Gasteiger partial charge is 0.437 e. The molecule has 5 rings (SSSR count). The van der Waals surface area contributed by atoms with Crippen molar-refractivity contribution in [2.45, 2.75) is 0 Å². The first kappa shape index (κ1) is 16.5. The van der Waals surface area contributed by atoms with Crippen LogP contribution in [0.25, 0.3) is 27.7 Å². The highest BCUT2D eigenvalue weighted by Gasteiger charge is 2.15. The van der Waals surface area contributed by atoms with E-state index in [1.807, 2.05) is 24.3 Å². The van der Waals surface area contributed by atoms with Crippen LogP contribution < -0.4 is 10.4 Å². The number of hydrogen-bond acceptors (Lipinski definition) is 6. The fourth-order valence-corrected chi connectivity index (χ4v) is 3.07. The Morgan fingerprint density at radius 2 is 1.82 bits per heavy atom. The van der Waals surface area contributed by atoms with E-state index in [0.717, 1.165) is 5.69 Å². The molecule has 0 aliphatic rings. The molecule has 7 nitrogen and oxygen atoms in total. The molecule has 0 bridgehead atoms. The number of benzene rings is 2. The summed E-state index contributed by atoms with van der Waals surface area (Å²) in [5, 5.41) is 6.29. The molecule has 8 heteroatoms. The average molecular weight is 391 g/mol. The van der Waals surface area contributed by atoms with Gasteiger partial charge < -0.3 is 9.15 Å². The van der Waals surface area contributed by atoms with Gasteiger partial charge >= 0.3 is 5.63 Å². The zero-order valence-electron chi connectivity index (χ0n) is 14.2. The number of hydrogen-bond donors (Lipinski definition) is 0. The number of aromatic nitrogens is 4. The van der Waals surface area contributed by atoms with Crippen molar-refractivity contribution in [3.8, 4) is 17.3 Å². The lowest BCUT2D eigenvalue weighted by Gasteiger charge is -2.08. The number of halogens is 1. The number of fused-ring (bicyclic) bond motifs is 2. The molecule has 0 amide bonds. The van der Waals surface area contributed by atoms with Crippen LogP contribution in [0, 0.1) is 0 Å². The second kappa shape index (κ2) is 6.47. The van der Waals surface area contributed by atoms with E-state index >= 15 is 0 Å². The van der Waals surface area contributed by atoms with Crippen molar-refractivity contribution in [2.24, 2.45) is 0 Å². The maximum atomic E-state index is 11.9. The van der Waals surface area contributed by atoms with Crippen LogP contribution in [0.5, 0.6) is 11.6 Å². The van der Waals surface area contributed by atoms with E-state index in [2.05, 4.69) is 15.1 Å². The SMILES string of the molecule is O=c1cc(Oc2ncnc3c2cnn3-c2ccc(Cl)cc2)c2ccccc2o1. The summed E-state index contributed by atoms with van der Waals surface area (Å²) in [5.41, 5.74) is 1.30. The second-order valence-corrected chi connectivity index (χ2v) is 6.41. The summed E-state index contributed by atoms with van der Waals surface area (Å²) in [6, 6.07) is 15.7. The third-order valence-corrected chi connectivity index (χ3v) is 4.47. The fourth-order valence-electron chi connectivity index (χ4n) is 2.95. The molecule has 2 aromatic carbocycles. The molecule has 3 heterocycles. The Kier molecular flexibility index (Phi) is 3.80. The highest BCUT2D eigenvalue weighted by Crippen LogP contribution is 2.31.